The molecule has 0 aromatic heterocycles. The number of fused-ring (bicyclic) bond motifs is 5. The predicted molar refractivity (Wildman–Crippen MR) is 220 cm³/mol. The number of hydrogen-bond donors (Lipinski definition) is 2. The van der Waals surface area contributed by atoms with E-state index in [1.807, 2.05) is 18.2 Å². The maximum absolute atomic E-state index is 13.4. The summed E-state index contributed by atoms with van der Waals surface area (Å²) in [5, 5.41) is 12.6. The van der Waals surface area contributed by atoms with Crippen molar-refractivity contribution in [2.75, 3.05) is 57.4 Å². The number of nitrogens with one attached hydrogen (secondary N) is 1. The highest BCUT2D eigenvalue weighted by molar-refractivity contribution is 6.05. The second kappa shape index (κ2) is 14.2. The van der Waals surface area contributed by atoms with Gasteiger partial charge in [0, 0.05) is 52.6 Å². The monoisotopic (exact) mass is 794 g/mol. The van der Waals surface area contributed by atoms with Gasteiger partial charge in [0.25, 0.3) is 5.91 Å². The Morgan fingerprint density at radius 1 is 0.831 bits per heavy atom. The quantitative estimate of drug-likeness (QED) is 0.240. The molecule has 1 aliphatic carbocycles. The zero-order chi connectivity index (χ0) is 39.9. The van der Waals surface area contributed by atoms with Crippen molar-refractivity contribution in [3.05, 3.63) is 124 Å². The Morgan fingerprint density at radius 2 is 1.61 bits per heavy atom. The second-order valence-electron chi connectivity index (χ2n) is 18.0. The minimum atomic E-state index is -0.636. The van der Waals surface area contributed by atoms with Crippen LogP contribution in [0.25, 0.3) is 0 Å². The number of piperidine rings is 2. The van der Waals surface area contributed by atoms with E-state index in [2.05, 4.69) is 81.8 Å². The molecule has 0 saturated carbocycles. The Bertz CT molecular complexity index is 2310. The van der Waals surface area contributed by atoms with E-state index in [-0.39, 0.29) is 29.6 Å². The Hall–Kier alpha value is -5.23. The largest absolute Gasteiger partial charge is 0.508 e. The fraction of sp³-hybridized carbons (Fsp3) is 0.438. The summed E-state index contributed by atoms with van der Waals surface area (Å²) in [6.07, 6.45) is 4.53. The number of anilines is 1. The molecule has 2 N–H and O–H groups in total. The molecule has 6 heterocycles. The summed E-state index contributed by atoms with van der Waals surface area (Å²) in [4.78, 5) is 44.2. The molecule has 3 amide bonds. The van der Waals surface area contributed by atoms with Crippen molar-refractivity contribution in [1.29, 1.82) is 0 Å². The van der Waals surface area contributed by atoms with E-state index in [1.165, 1.54) is 33.5 Å². The van der Waals surface area contributed by atoms with Gasteiger partial charge in [-0.2, -0.15) is 0 Å². The van der Waals surface area contributed by atoms with Gasteiger partial charge in [-0.25, -0.2) is 0 Å². The summed E-state index contributed by atoms with van der Waals surface area (Å²) in [6.45, 7) is 6.55. The van der Waals surface area contributed by atoms with Gasteiger partial charge in [0.05, 0.1) is 39.5 Å². The van der Waals surface area contributed by atoms with Gasteiger partial charge in [0.2, 0.25) is 17.6 Å². The van der Waals surface area contributed by atoms with Gasteiger partial charge < -0.3 is 34.0 Å². The number of aryl methyl sites for hydroxylation is 1. The van der Waals surface area contributed by atoms with Crippen LogP contribution in [0.3, 0.4) is 0 Å². The number of phenolic OH excluding ortho intramolecular Hbond substituents is 1. The lowest BCUT2D eigenvalue weighted by Crippen LogP contribution is -2.67. The number of phenols is 1. The highest BCUT2D eigenvalue weighted by atomic mass is 16.7. The third-order valence-corrected chi connectivity index (χ3v) is 14.5. The Balaban J connectivity index is 0.685. The van der Waals surface area contributed by atoms with Crippen LogP contribution < -0.4 is 15.0 Å². The lowest BCUT2D eigenvalue weighted by atomic mass is 9.69. The minimum absolute atomic E-state index is 0.0857. The topological polar surface area (TPSA) is 121 Å². The van der Waals surface area contributed by atoms with E-state index in [0.717, 1.165) is 56.6 Å². The first-order valence-electron chi connectivity index (χ1n) is 21.4. The molecule has 304 valence electrons. The van der Waals surface area contributed by atoms with Crippen LogP contribution >= 0.6 is 0 Å². The number of carbonyl (C=O) groups is 3. The fourth-order valence-corrected chi connectivity index (χ4v) is 11.2. The number of rotatable bonds is 6. The lowest BCUT2D eigenvalue weighted by molar-refractivity contribution is -0.293. The number of hydrogen-bond acceptors (Lipinski definition) is 9. The number of nitrogens with zero attached hydrogens (tertiary/aromatic N) is 3. The van der Waals surface area contributed by atoms with E-state index in [1.54, 1.807) is 4.90 Å². The van der Waals surface area contributed by atoms with Crippen LogP contribution in [0.15, 0.2) is 84.9 Å². The average Bonchev–Trinajstić information content (AvgIpc) is 3.78. The first-order valence-corrected chi connectivity index (χ1v) is 21.4. The van der Waals surface area contributed by atoms with Gasteiger partial charge >= 0.3 is 0 Å². The SMILES string of the molecule is O=C1CCC(N2Cc3c(ccc4c3OCC43CCN(CC4COC5(CN(c6ccc([C@@H]7c8ccc(O)cc8CC[C@@H]7c7ccccc7)cc6)C5)OC4)CC3)C2=O)C(=O)N1. The minimum Gasteiger partial charge on any atom is -0.508 e. The summed E-state index contributed by atoms with van der Waals surface area (Å²) in [5.41, 5.74) is 8.95. The molecule has 6 aliphatic heterocycles. The van der Waals surface area contributed by atoms with Gasteiger partial charge in [-0.15, -0.1) is 0 Å². The molecule has 7 aliphatic rings. The van der Waals surface area contributed by atoms with Crippen LogP contribution in [0.5, 0.6) is 11.5 Å². The highest BCUT2D eigenvalue weighted by Gasteiger charge is 2.50. The van der Waals surface area contributed by atoms with Crippen molar-refractivity contribution in [3.8, 4) is 11.5 Å². The van der Waals surface area contributed by atoms with Gasteiger partial charge in [-0.3, -0.25) is 19.7 Å². The average molecular weight is 795 g/mol. The van der Waals surface area contributed by atoms with Crippen LogP contribution in [0, 0.1) is 5.92 Å². The Kier molecular flexibility index (Phi) is 8.87. The van der Waals surface area contributed by atoms with E-state index in [9.17, 15) is 19.5 Å². The highest BCUT2D eigenvalue weighted by Crippen LogP contribution is 2.51. The van der Waals surface area contributed by atoms with Crippen molar-refractivity contribution < 1.29 is 33.7 Å². The summed E-state index contributed by atoms with van der Waals surface area (Å²) < 4.78 is 19.4. The van der Waals surface area contributed by atoms with Crippen LogP contribution in [0.1, 0.15) is 87.7 Å². The third kappa shape index (κ3) is 6.31. The normalized spacial score (nSPS) is 26.0. The molecule has 0 bridgehead atoms. The van der Waals surface area contributed by atoms with E-state index < -0.39 is 17.7 Å². The first-order chi connectivity index (χ1) is 28.7. The van der Waals surface area contributed by atoms with Crippen LogP contribution in [-0.4, -0.2) is 97.0 Å². The lowest BCUT2D eigenvalue weighted by Gasteiger charge is -2.53. The first kappa shape index (κ1) is 36.8. The summed E-state index contributed by atoms with van der Waals surface area (Å²) in [7, 11) is 0. The van der Waals surface area contributed by atoms with Crippen molar-refractivity contribution in [2.24, 2.45) is 5.92 Å². The summed E-state index contributed by atoms with van der Waals surface area (Å²) in [5.74, 6) is 0.656. The third-order valence-electron chi connectivity index (χ3n) is 14.5. The summed E-state index contributed by atoms with van der Waals surface area (Å²) >= 11 is 0. The molecule has 3 atom stereocenters. The molecule has 4 fully saturated rings. The fourth-order valence-electron chi connectivity index (χ4n) is 11.2. The number of amides is 3. The number of imide groups is 1. The zero-order valence-electron chi connectivity index (χ0n) is 33.2. The predicted octanol–water partition coefficient (Wildman–Crippen LogP) is 5.62. The molecule has 4 aromatic rings. The van der Waals surface area contributed by atoms with Crippen LogP contribution in [0.2, 0.25) is 0 Å². The van der Waals surface area contributed by atoms with E-state index >= 15 is 0 Å². The molecular formula is C48H50N4O7. The zero-order valence-corrected chi connectivity index (χ0v) is 33.2. The molecule has 11 nitrogen and oxygen atoms in total. The van der Waals surface area contributed by atoms with Crippen LogP contribution in [-0.2, 0) is 37.4 Å². The molecule has 4 aromatic carbocycles. The molecule has 1 unspecified atom stereocenters. The molecule has 59 heavy (non-hydrogen) atoms. The number of ether oxygens (including phenoxy) is 3. The number of aromatic hydroxyl groups is 1. The second-order valence-corrected chi connectivity index (χ2v) is 18.0. The van der Waals surface area contributed by atoms with Gasteiger partial charge in [0.15, 0.2) is 0 Å². The molecule has 11 heteroatoms. The van der Waals surface area contributed by atoms with Crippen molar-refractivity contribution in [3.63, 3.8) is 0 Å². The summed E-state index contributed by atoms with van der Waals surface area (Å²) in [6, 6.07) is 29.1. The van der Waals surface area contributed by atoms with E-state index in [4.69, 9.17) is 14.2 Å². The molecule has 2 spiro atoms. The Morgan fingerprint density at radius 3 is 2.37 bits per heavy atom. The van der Waals surface area contributed by atoms with Crippen molar-refractivity contribution in [2.45, 2.75) is 74.1 Å². The van der Waals surface area contributed by atoms with Crippen LogP contribution in [0.4, 0.5) is 5.69 Å². The molecule has 0 radical (unpaired) electrons. The standard InChI is InChI=1S/C48H50N4O7/c53-35-11-13-37-33(22-35)8-12-36(31-4-2-1-3-5-31)43(37)32-6-9-34(10-7-32)51-27-48(28-51)58-25-30(26-59-48)23-50-20-18-47(19-21-50)29-57-44-39-24-52(41-16-17-42(54)49-45(41)55)46(56)38(39)14-15-40(44)47/h1-7,9-11,13-15,22,30,36,41,43,53H,8,12,16-21,23-29H2,(H,49,54,55)/t36-,41?,43+/m1/s1. The number of carbonyl (C=O) groups excluding carboxylic acids is 3. The van der Waals surface area contributed by atoms with E-state index in [0.29, 0.717) is 69.0 Å². The van der Waals surface area contributed by atoms with Gasteiger partial charge in [-0.05, 0) is 104 Å². The van der Waals surface area contributed by atoms with Gasteiger partial charge in [0.1, 0.15) is 17.5 Å². The van der Waals surface area contributed by atoms with Crippen molar-refractivity contribution >= 4 is 23.4 Å². The molecule has 4 saturated heterocycles. The smallest absolute Gasteiger partial charge is 0.255 e. The van der Waals surface area contributed by atoms with Gasteiger partial charge in [-0.1, -0.05) is 54.6 Å². The maximum atomic E-state index is 13.4. The Labute approximate surface area is 344 Å². The molecular weight excluding hydrogens is 745 g/mol. The number of benzene rings is 4. The van der Waals surface area contributed by atoms with Crippen molar-refractivity contribution in [1.82, 2.24) is 15.1 Å². The maximum Gasteiger partial charge on any atom is 0.255 e. The number of likely N-dealkylation sites (tertiary alicyclic amines) is 1. The molecule has 11 rings (SSSR count).